The number of nitrogens with zero attached hydrogens (tertiary/aromatic N) is 1. The van der Waals surface area contributed by atoms with Gasteiger partial charge in [0, 0.05) is 7.05 Å². The minimum Gasteiger partial charge on any atom is -0.207 e. The van der Waals surface area contributed by atoms with Crippen molar-refractivity contribution in [2.45, 2.75) is 17.9 Å². The molecule has 0 bridgehead atoms. The van der Waals surface area contributed by atoms with Crippen LogP contribution in [0.2, 0.25) is 0 Å². The molecule has 1 atom stereocenters. The Labute approximate surface area is 113 Å². The zero-order valence-corrected chi connectivity index (χ0v) is 11.7. The van der Waals surface area contributed by atoms with E-state index in [2.05, 4.69) is 0 Å². The lowest BCUT2D eigenvalue weighted by Gasteiger charge is -2.19. The summed E-state index contributed by atoms with van der Waals surface area (Å²) in [5.41, 5.74) is 3.00. The number of benzene rings is 2. The van der Waals surface area contributed by atoms with Gasteiger partial charge in [-0.1, -0.05) is 48.0 Å². The Balaban J connectivity index is 2.24. The summed E-state index contributed by atoms with van der Waals surface area (Å²) in [6.45, 7) is 2.01. The number of aryl methyl sites for hydroxylation is 1. The predicted octanol–water partition coefficient (Wildman–Crippen LogP) is 2.72. The van der Waals surface area contributed by atoms with Gasteiger partial charge in [-0.15, -0.1) is 0 Å². The quantitative estimate of drug-likeness (QED) is 0.801. The molecule has 19 heavy (non-hydrogen) atoms. The molecule has 0 fully saturated rings. The first kappa shape index (κ1) is 12.4. The molecule has 1 heterocycles. The van der Waals surface area contributed by atoms with Crippen molar-refractivity contribution in [3.63, 3.8) is 0 Å². The van der Waals surface area contributed by atoms with Crippen molar-refractivity contribution in [3.8, 4) is 0 Å². The second-order valence-electron chi connectivity index (χ2n) is 4.88. The van der Waals surface area contributed by atoms with Gasteiger partial charge in [-0.25, -0.2) is 8.42 Å². The Morgan fingerprint density at radius 2 is 1.79 bits per heavy atom. The minimum absolute atomic E-state index is 0.221. The van der Waals surface area contributed by atoms with Crippen molar-refractivity contribution >= 4 is 10.0 Å². The monoisotopic (exact) mass is 273 g/mol. The molecule has 3 nitrogen and oxygen atoms in total. The highest BCUT2D eigenvalue weighted by Crippen LogP contribution is 2.41. The maximum absolute atomic E-state index is 12.4. The van der Waals surface area contributed by atoms with Crippen LogP contribution in [0.15, 0.2) is 53.4 Å². The molecule has 2 aromatic carbocycles. The van der Waals surface area contributed by atoms with Crippen LogP contribution < -0.4 is 0 Å². The molecule has 0 saturated heterocycles. The number of fused-ring (bicyclic) bond motifs is 1. The summed E-state index contributed by atoms with van der Waals surface area (Å²) in [4.78, 5) is 0.420. The lowest BCUT2D eigenvalue weighted by molar-refractivity contribution is 0.440. The Hall–Kier alpha value is -1.65. The lowest BCUT2D eigenvalue weighted by Crippen LogP contribution is -2.24. The van der Waals surface area contributed by atoms with Crippen LogP contribution >= 0.6 is 0 Å². The molecule has 98 valence electrons. The van der Waals surface area contributed by atoms with Crippen LogP contribution in [0, 0.1) is 6.92 Å². The Morgan fingerprint density at radius 3 is 2.53 bits per heavy atom. The molecule has 1 aliphatic rings. The molecule has 0 unspecified atom stereocenters. The third-order valence-electron chi connectivity index (χ3n) is 3.59. The van der Waals surface area contributed by atoms with Crippen LogP contribution in [0.1, 0.15) is 22.7 Å². The van der Waals surface area contributed by atoms with Crippen molar-refractivity contribution in [2.75, 3.05) is 7.05 Å². The molecule has 0 radical (unpaired) electrons. The van der Waals surface area contributed by atoms with Gasteiger partial charge in [0.2, 0.25) is 10.0 Å². The predicted molar refractivity (Wildman–Crippen MR) is 74.4 cm³/mol. The van der Waals surface area contributed by atoms with E-state index in [1.54, 1.807) is 19.2 Å². The first-order chi connectivity index (χ1) is 9.01. The van der Waals surface area contributed by atoms with Gasteiger partial charge in [-0.05, 0) is 24.1 Å². The van der Waals surface area contributed by atoms with Gasteiger partial charge in [-0.3, -0.25) is 0 Å². The van der Waals surface area contributed by atoms with Crippen LogP contribution in [-0.2, 0) is 10.0 Å². The van der Waals surface area contributed by atoms with E-state index < -0.39 is 10.0 Å². The highest BCUT2D eigenvalue weighted by atomic mass is 32.2. The van der Waals surface area contributed by atoms with Crippen LogP contribution in [0.5, 0.6) is 0 Å². The van der Waals surface area contributed by atoms with Crippen LogP contribution in [0.4, 0.5) is 0 Å². The molecule has 4 heteroatoms. The van der Waals surface area contributed by atoms with Gasteiger partial charge in [0.15, 0.2) is 0 Å². The molecular weight excluding hydrogens is 258 g/mol. The van der Waals surface area contributed by atoms with Gasteiger partial charge in [0.1, 0.15) is 0 Å². The highest BCUT2D eigenvalue weighted by Gasteiger charge is 2.40. The van der Waals surface area contributed by atoms with Crippen LogP contribution in [0.25, 0.3) is 0 Å². The van der Waals surface area contributed by atoms with Crippen molar-refractivity contribution in [3.05, 3.63) is 65.2 Å². The summed E-state index contributed by atoms with van der Waals surface area (Å²) >= 11 is 0. The lowest BCUT2D eigenvalue weighted by atomic mass is 9.98. The second-order valence-corrected chi connectivity index (χ2v) is 6.84. The Morgan fingerprint density at radius 1 is 1.05 bits per heavy atom. The number of rotatable bonds is 1. The normalized spacial score (nSPS) is 21.3. The molecule has 0 spiro atoms. The number of hydrogen-bond acceptors (Lipinski definition) is 2. The second kappa shape index (κ2) is 4.18. The average molecular weight is 273 g/mol. The summed E-state index contributed by atoms with van der Waals surface area (Å²) in [6.07, 6.45) is 0. The minimum atomic E-state index is -3.36. The molecular formula is C15H15NO2S. The average Bonchev–Trinajstić information content (AvgIpc) is 2.58. The van der Waals surface area contributed by atoms with Gasteiger partial charge in [0.25, 0.3) is 0 Å². The molecule has 1 aliphatic heterocycles. The fraction of sp³-hybridized carbons (Fsp3) is 0.200. The van der Waals surface area contributed by atoms with E-state index in [1.165, 1.54) is 4.31 Å². The summed E-state index contributed by atoms with van der Waals surface area (Å²) in [7, 11) is -1.72. The molecule has 0 aliphatic carbocycles. The van der Waals surface area contributed by atoms with Crippen molar-refractivity contribution in [1.82, 2.24) is 4.31 Å². The summed E-state index contributed by atoms with van der Waals surface area (Å²) in [5, 5.41) is 0. The van der Waals surface area contributed by atoms with E-state index in [1.807, 2.05) is 43.3 Å². The fourth-order valence-electron chi connectivity index (χ4n) is 2.66. The third-order valence-corrected chi connectivity index (χ3v) is 5.49. The van der Waals surface area contributed by atoms with E-state index >= 15 is 0 Å². The van der Waals surface area contributed by atoms with Crippen molar-refractivity contribution in [2.24, 2.45) is 0 Å². The van der Waals surface area contributed by atoms with Gasteiger partial charge < -0.3 is 0 Å². The van der Waals surface area contributed by atoms with E-state index in [9.17, 15) is 8.42 Å². The van der Waals surface area contributed by atoms with Crippen molar-refractivity contribution < 1.29 is 8.42 Å². The van der Waals surface area contributed by atoms with E-state index in [0.29, 0.717) is 4.90 Å². The summed E-state index contributed by atoms with van der Waals surface area (Å²) in [6, 6.07) is 15.0. The maximum atomic E-state index is 12.4. The zero-order valence-electron chi connectivity index (χ0n) is 10.9. The third kappa shape index (κ3) is 1.79. The van der Waals surface area contributed by atoms with Crippen LogP contribution in [0.3, 0.4) is 0 Å². The SMILES string of the molecule is Cc1cccc([C@H]2c3ccccc3S(=O)(=O)N2C)c1. The van der Waals surface area contributed by atoms with Crippen molar-refractivity contribution in [1.29, 1.82) is 0 Å². The fourth-order valence-corrected chi connectivity index (χ4v) is 4.21. The summed E-state index contributed by atoms with van der Waals surface area (Å²) < 4.78 is 26.2. The molecule has 0 amide bonds. The van der Waals surface area contributed by atoms with E-state index in [0.717, 1.165) is 16.7 Å². The standard InChI is InChI=1S/C15H15NO2S/c1-11-6-5-7-12(10-11)15-13-8-3-4-9-14(13)19(17,18)16(15)2/h3-10,15H,1-2H3/t15-/m0/s1. The topological polar surface area (TPSA) is 37.4 Å². The largest absolute Gasteiger partial charge is 0.244 e. The Kier molecular flexibility index (Phi) is 2.73. The first-order valence-electron chi connectivity index (χ1n) is 6.15. The Bertz CT molecular complexity index is 737. The molecule has 0 saturated carbocycles. The van der Waals surface area contributed by atoms with Gasteiger partial charge in [-0.2, -0.15) is 4.31 Å². The first-order valence-corrected chi connectivity index (χ1v) is 7.59. The molecule has 0 N–H and O–H groups in total. The molecule has 2 aromatic rings. The van der Waals surface area contributed by atoms with Crippen LogP contribution in [-0.4, -0.2) is 19.8 Å². The zero-order chi connectivity index (χ0) is 13.6. The maximum Gasteiger partial charge on any atom is 0.244 e. The highest BCUT2D eigenvalue weighted by molar-refractivity contribution is 7.89. The van der Waals surface area contributed by atoms with E-state index in [-0.39, 0.29) is 6.04 Å². The molecule has 0 aromatic heterocycles. The smallest absolute Gasteiger partial charge is 0.207 e. The number of sulfonamides is 1. The number of hydrogen-bond donors (Lipinski definition) is 0. The van der Waals surface area contributed by atoms with Gasteiger partial charge >= 0.3 is 0 Å². The molecule has 3 rings (SSSR count). The summed E-state index contributed by atoms with van der Waals surface area (Å²) in [5.74, 6) is 0. The van der Waals surface area contributed by atoms with E-state index in [4.69, 9.17) is 0 Å². The van der Waals surface area contributed by atoms with Gasteiger partial charge in [0.05, 0.1) is 10.9 Å².